The fourth-order valence-corrected chi connectivity index (χ4v) is 6.78. The van der Waals surface area contributed by atoms with E-state index in [0.29, 0.717) is 24.7 Å². The molecule has 4 rings (SSSR count). The van der Waals surface area contributed by atoms with Crippen LogP contribution in [0.25, 0.3) is 0 Å². The predicted octanol–water partition coefficient (Wildman–Crippen LogP) is 1.80. The molecule has 8 heteroatoms. The first kappa shape index (κ1) is 18.3. The van der Waals surface area contributed by atoms with Crippen LogP contribution in [0.15, 0.2) is 43.0 Å². The summed E-state index contributed by atoms with van der Waals surface area (Å²) in [4.78, 5) is 12.4. The van der Waals surface area contributed by atoms with E-state index in [4.69, 9.17) is 0 Å². The van der Waals surface area contributed by atoms with Crippen molar-refractivity contribution in [3.05, 3.63) is 48.5 Å². The number of hydrogen-bond acceptors (Lipinski definition) is 7. The third kappa shape index (κ3) is 3.96. The number of nitrogens with zero attached hydrogens (tertiary/aromatic N) is 3. The van der Waals surface area contributed by atoms with Gasteiger partial charge in [0, 0.05) is 43.9 Å². The quantitative estimate of drug-likeness (QED) is 0.780. The fourth-order valence-electron chi connectivity index (χ4n) is 4.31. The number of hydrogen-bond donors (Lipinski definition) is 2. The topological polar surface area (TPSA) is 96.9 Å². The molecule has 144 valence electrons. The summed E-state index contributed by atoms with van der Waals surface area (Å²) in [6.45, 7) is 1.44. The minimum atomic E-state index is -3.03. The highest BCUT2D eigenvalue weighted by Gasteiger charge is 2.56. The normalized spacial score (nSPS) is 29.2. The summed E-state index contributed by atoms with van der Waals surface area (Å²) >= 11 is 0. The molecule has 1 aliphatic carbocycles. The standard InChI is InChI=1S/C19H25N5O2S/c25-27(26)8-4-17(23-13-15-3-1-5-20-12-15)11-19(27)9-16(10-19)14-24-18-21-6-2-7-22-18/h1-3,5-7,12,16-17,23H,4,8-11,13-14H2,(H,21,22,24). The average molecular weight is 388 g/mol. The van der Waals surface area contributed by atoms with Crippen LogP contribution < -0.4 is 10.6 Å². The summed E-state index contributed by atoms with van der Waals surface area (Å²) < 4.78 is 24.9. The molecule has 0 radical (unpaired) electrons. The van der Waals surface area contributed by atoms with Crippen molar-refractivity contribution in [2.24, 2.45) is 5.92 Å². The average Bonchev–Trinajstić information content (AvgIpc) is 2.66. The van der Waals surface area contributed by atoms with Crippen molar-refractivity contribution in [3.8, 4) is 0 Å². The zero-order valence-corrected chi connectivity index (χ0v) is 16.0. The number of nitrogens with one attached hydrogen (secondary N) is 2. The van der Waals surface area contributed by atoms with Crippen molar-refractivity contribution in [2.45, 2.75) is 43.0 Å². The van der Waals surface area contributed by atoms with Crippen molar-refractivity contribution in [2.75, 3.05) is 17.6 Å². The predicted molar refractivity (Wildman–Crippen MR) is 104 cm³/mol. The van der Waals surface area contributed by atoms with Crippen LogP contribution in [0.1, 0.15) is 31.2 Å². The summed E-state index contributed by atoms with van der Waals surface area (Å²) in [5.41, 5.74) is 1.12. The van der Waals surface area contributed by atoms with E-state index in [9.17, 15) is 8.42 Å². The second kappa shape index (κ2) is 7.52. The van der Waals surface area contributed by atoms with Crippen LogP contribution in [0, 0.1) is 5.92 Å². The molecular formula is C19H25N5O2S. The molecule has 27 heavy (non-hydrogen) atoms. The van der Waals surface area contributed by atoms with Gasteiger partial charge in [-0.25, -0.2) is 18.4 Å². The summed E-state index contributed by atoms with van der Waals surface area (Å²) in [5, 5.41) is 6.75. The molecule has 1 unspecified atom stereocenters. The lowest BCUT2D eigenvalue weighted by Gasteiger charge is -2.51. The Balaban J connectivity index is 1.32. The molecule has 2 aromatic heterocycles. The maximum absolute atomic E-state index is 12.7. The van der Waals surface area contributed by atoms with Gasteiger partial charge in [-0.05, 0) is 49.3 Å². The van der Waals surface area contributed by atoms with Gasteiger partial charge in [0.15, 0.2) is 9.84 Å². The Morgan fingerprint density at radius 1 is 1.11 bits per heavy atom. The van der Waals surface area contributed by atoms with Gasteiger partial charge in [0.05, 0.1) is 10.5 Å². The fraction of sp³-hybridized carbons (Fsp3) is 0.526. The van der Waals surface area contributed by atoms with Gasteiger partial charge in [-0.1, -0.05) is 6.07 Å². The van der Waals surface area contributed by atoms with Crippen LogP contribution in [0.4, 0.5) is 5.95 Å². The van der Waals surface area contributed by atoms with E-state index < -0.39 is 14.6 Å². The van der Waals surface area contributed by atoms with Crippen LogP contribution in [-0.2, 0) is 16.4 Å². The number of sulfone groups is 1. The molecule has 2 fully saturated rings. The van der Waals surface area contributed by atoms with Crippen molar-refractivity contribution in [3.63, 3.8) is 0 Å². The summed E-state index contributed by atoms with van der Waals surface area (Å²) in [6.07, 6.45) is 9.83. The highest BCUT2D eigenvalue weighted by Crippen LogP contribution is 2.50. The Morgan fingerprint density at radius 3 is 2.67 bits per heavy atom. The van der Waals surface area contributed by atoms with Gasteiger partial charge in [0.25, 0.3) is 0 Å². The van der Waals surface area contributed by atoms with E-state index in [2.05, 4.69) is 25.6 Å². The molecule has 1 spiro atoms. The number of rotatable bonds is 6. The molecule has 0 aromatic carbocycles. The maximum Gasteiger partial charge on any atom is 0.222 e. The molecule has 2 aliphatic rings. The minimum Gasteiger partial charge on any atom is -0.354 e. The lowest BCUT2D eigenvalue weighted by Crippen LogP contribution is -2.59. The Bertz CT molecular complexity index is 854. The summed E-state index contributed by atoms with van der Waals surface area (Å²) in [5.74, 6) is 1.22. The summed E-state index contributed by atoms with van der Waals surface area (Å²) in [6, 6.07) is 5.96. The first-order chi connectivity index (χ1) is 13.1. The van der Waals surface area contributed by atoms with Gasteiger partial charge in [-0.2, -0.15) is 0 Å². The maximum atomic E-state index is 12.7. The molecule has 2 aromatic rings. The molecule has 0 bridgehead atoms. The van der Waals surface area contributed by atoms with Crippen LogP contribution in [0.5, 0.6) is 0 Å². The van der Waals surface area contributed by atoms with Gasteiger partial charge < -0.3 is 10.6 Å². The van der Waals surface area contributed by atoms with Gasteiger partial charge in [0.1, 0.15) is 0 Å². The minimum absolute atomic E-state index is 0.236. The van der Waals surface area contributed by atoms with Crippen LogP contribution in [0.2, 0.25) is 0 Å². The van der Waals surface area contributed by atoms with Crippen LogP contribution in [-0.4, -0.2) is 46.5 Å². The van der Waals surface area contributed by atoms with E-state index in [1.165, 1.54) is 0 Å². The molecule has 1 saturated heterocycles. The number of pyridine rings is 1. The van der Waals surface area contributed by atoms with Gasteiger partial charge in [-0.3, -0.25) is 4.98 Å². The molecule has 1 saturated carbocycles. The van der Waals surface area contributed by atoms with E-state index in [1.54, 1.807) is 24.7 Å². The molecule has 7 nitrogen and oxygen atoms in total. The number of aromatic nitrogens is 3. The molecule has 0 amide bonds. The lowest BCUT2D eigenvalue weighted by atomic mass is 9.70. The van der Waals surface area contributed by atoms with E-state index in [1.807, 2.05) is 18.3 Å². The summed E-state index contributed by atoms with van der Waals surface area (Å²) in [7, 11) is -3.03. The molecule has 1 atom stereocenters. The van der Waals surface area contributed by atoms with Crippen molar-refractivity contribution < 1.29 is 8.42 Å². The van der Waals surface area contributed by atoms with Crippen molar-refractivity contribution >= 4 is 15.8 Å². The highest BCUT2D eigenvalue weighted by atomic mass is 32.2. The molecule has 3 heterocycles. The lowest BCUT2D eigenvalue weighted by molar-refractivity contribution is 0.187. The third-order valence-electron chi connectivity index (χ3n) is 5.77. The van der Waals surface area contributed by atoms with Crippen LogP contribution >= 0.6 is 0 Å². The van der Waals surface area contributed by atoms with Gasteiger partial charge in [-0.15, -0.1) is 0 Å². The monoisotopic (exact) mass is 387 g/mol. The second-order valence-corrected chi connectivity index (χ2v) is 10.2. The molecular weight excluding hydrogens is 362 g/mol. The largest absolute Gasteiger partial charge is 0.354 e. The number of anilines is 1. The van der Waals surface area contributed by atoms with Gasteiger partial charge in [0.2, 0.25) is 5.95 Å². The first-order valence-corrected chi connectivity index (χ1v) is 11.1. The Kier molecular flexibility index (Phi) is 5.10. The van der Waals surface area contributed by atoms with E-state index in [-0.39, 0.29) is 11.8 Å². The van der Waals surface area contributed by atoms with Crippen molar-refractivity contribution in [1.29, 1.82) is 0 Å². The first-order valence-electron chi connectivity index (χ1n) is 9.42. The SMILES string of the molecule is O=S1(=O)CCC(NCc2cccnc2)CC12CC(CNc1ncccn1)C2. The smallest absolute Gasteiger partial charge is 0.222 e. The highest BCUT2D eigenvalue weighted by molar-refractivity contribution is 7.92. The Labute approximate surface area is 160 Å². The zero-order valence-electron chi connectivity index (χ0n) is 15.2. The Hall–Kier alpha value is -2.06. The Morgan fingerprint density at radius 2 is 1.93 bits per heavy atom. The molecule has 1 aliphatic heterocycles. The van der Waals surface area contributed by atoms with E-state index in [0.717, 1.165) is 31.5 Å². The molecule has 2 N–H and O–H groups in total. The van der Waals surface area contributed by atoms with Crippen LogP contribution in [0.3, 0.4) is 0 Å². The second-order valence-electron chi connectivity index (χ2n) is 7.66. The third-order valence-corrected chi connectivity index (χ3v) is 8.36. The van der Waals surface area contributed by atoms with E-state index >= 15 is 0 Å². The van der Waals surface area contributed by atoms with Gasteiger partial charge >= 0.3 is 0 Å². The zero-order chi connectivity index (χ0) is 18.7. The van der Waals surface area contributed by atoms with Crippen molar-refractivity contribution in [1.82, 2.24) is 20.3 Å².